The van der Waals surface area contributed by atoms with Crippen LogP contribution in [0.5, 0.6) is 0 Å². The topological polar surface area (TPSA) is 61.4 Å². The van der Waals surface area contributed by atoms with Crippen LogP contribution in [-0.2, 0) is 4.79 Å². The predicted molar refractivity (Wildman–Crippen MR) is 89.0 cm³/mol. The van der Waals surface area contributed by atoms with Gasteiger partial charge in [0.2, 0.25) is 5.91 Å². The number of benzene rings is 1. The fraction of sp³-hybridized carbons (Fsp3) is 0.556. The largest absolute Gasteiger partial charge is 0.354 e. The van der Waals surface area contributed by atoms with E-state index in [1.807, 2.05) is 0 Å². The van der Waals surface area contributed by atoms with Gasteiger partial charge in [-0.25, -0.2) is 8.78 Å². The highest BCUT2D eigenvalue weighted by Crippen LogP contribution is 2.21. The van der Waals surface area contributed by atoms with E-state index in [0.29, 0.717) is 19.6 Å². The lowest BCUT2D eigenvalue weighted by atomic mass is 9.97. The summed E-state index contributed by atoms with van der Waals surface area (Å²) in [5, 5.41) is 6.07. The summed E-state index contributed by atoms with van der Waals surface area (Å²) in [7, 11) is 0. The lowest BCUT2D eigenvalue weighted by Gasteiger charge is -2.33. The fourth-order valence-corrected chi connectivity index (χ4v) is 3.55. The van der Waals surface area contributed by atoms with Crippen molar-refractivity contribution in [2.24, 2.45) is 5.92 Å². The van der Waals surface area contributed by atoms with Gasteiger partial charge >= 0.3 is 0 Å². The molecule has 2 aliphatic heterocycles. The van der Waals surface area contributed by atoms with Gasteiger partial charge < -0.3 is 15.5 Å². The maximum Gasteiger partial charge on any atom is 0.259 e. The number of likely N-dealkylation sites (tertiary alicyclic amines) is 1. The quantitative estimate of drug-likeness (QED) is 0.868. The molecule has 0 spiro atoms. The molecule has 0 aliphatic carbocycles. The molecular formula is C18H23F2N3O2. The van der Waals surface area contributed by atoms with Crippen molar-refractivity contribution in [3.8, 4) is 0 Å². The van der Waals surface area contributed by atoms with E-state index in [0.717, 1.165) is 44.4 Å². The second-order valence-electron chi connectivity index (χ2n) is 6.75. The average molecular weight is 351 g/mol. The first kappa shape index (κ1) is 17.8. The highest BCUT2D eigenvalue weighted by Gasteiger charge is 2.29. The summed E-state index contributed by atoms with van der Waals surface area (Å²) in [6, 6.07) is 3.29. The van der Waals surface area contributed by atoms with Crippen molar-refractivity contribution in [2.75, 3.05) is 26.2 Å². The first-order chi connectivity index (χ1) is 12.1. The van der Waals surface area contributed by atoms with Gasteiger partial charge in [-0.15, -0.1) is 0 Å². The van der Waals surface area contributed by atoms with Crippen LogP contribution < -0.4 is 10.6 Å². The Balaban J connectivity index is 1.57. The van der Waals surface area contributed by atoms with Crippen molar-refractivity contribution in [3.63, 3.8) is 0 Å². The van der Waals surface area contributed by atoms with Gasteiger partial charge in [0.25, 0.3) is 5.91 Å². The number of rotatable bonds is 4. The van der Waals surface area contributed by atoms with E-state index in [2.05, 4.69) is 10.6 Å². The monoisotopic (exact) mass is 351 g/mol. The Bertz CT molecular complexity index is 627. The van der Waals surface area contributed by atoms with Crippen LogP contribution in [-0.4, -0.2) is 48.9 Å². The number of hydrogen-bond donors (Lipinski definition) is 2. The van der Waals surface area contributed by atoms with E-state index in [1.54, 1.807) is 0 Å². The number of piperidine rings is 1. The van der Waals surface area contributed by atoms with Gasteiger partial charge in [0.1, 0.15) is 17.2 Å². The van der Waals surface area contributed by atoms with Gasteiger partial charge in [-0.1, -0.05) is 6.07 Å². The maximum absolute atomic E-state index is 13.8. The summed E-state index contributed by atoms with van der Waals surface area (Å²) in [5.41, 5.74) is -0.498. The number of carbonyl (C=O) groups is 2. The van der Waals surface area contributed by atoms with Crippen molar-refractivity contribution >= 4 is 11.8 Å². The lowest BCUT2D eigenvalue weighted by Crippen LogP contribution is -2.47. The van der Waals surface area contributed by atoms with Crippen LogP contribution in [0.15, 0.2) is 18.2 Å². The van der Waals surface area contributed by atoms with Crippen molar-refractivity contribution < 1.29 is 18.4 Å². The van der Waals surface area contributed by atoms with Crippen molar-refractivity contribution in [3.05, 3.63) is 35.4 Å². The maximum atomic E-state index is 13.8. The van der Waals surface area contributed by atoms with Crippen molar-refractivity contribution in [1.29, 1.82) is 0 Å². The second-order valence-corrected chi connectivity index (χ2v) is 6.75. The van der Waals surface area contributed by atoms with Gasteiger partial charge in [0.15, 0.2) is 0 Å². The summed E-state index contributed by atoms with van der Waals surface area (Å²) in [5.74, 6) is -2.22. The molecule has 136 valence electrons. The van der Waals surface area contributed by atoms with Crippen LogP contribution in [0.1, 0.15) is 36.0 Å². The van der Waals surface area contributed by atoms with Crippen LogP contribution in [0.3, 0.4) is 0 Å². The average Bonchev–Trinajstić information content (AvgIpc) is 3.14. The minimum absolute atomic E-state index is 0.0129. The molecule has 7 heteroatoms. The summed E-state index contributed by atoms with van der Waals surface area (Å²) in [6.45, 7) is 2.20. The fourth-order valence-electron chi connectivity index (χ4n) is 3.55. The number of halogens is 2. The standard InChI is InChI=1S/C18H23F2N3O2/c19-13-5-1-6-14(20)16(13)18(25)23-9-3-4-12(11-23)10-22-17(24)15-7-2-8-21-15/h1,5-6,12,15,21H,2-4,7-11H2,(H,22,24). The number of nitrogens with zero attached hydrogens (tertiary/aromatic N) is 1. The van der Waals surface area contributed by atoms with Gasteiger partial charge in [0, 0.05) is 19.6 Å². The first-order valence-electron chi connectivity index (χ1n) is 8.80. The Morgan fingerprint density at radius 3 is 2.64 bits per heavy atom. The Labute approximate surface area is 145 Å². The highest BCUT2D eigenvalue weighted by atomic mass is 19.1. The molecule has 0 radical (unpaired) electrons. The number of amides is 2. The van der Waals surface area contributed by atoms with Crippen LogP contribution in [0.4, 0.5) is 8.78 Å². The van der Waals surface area contributed by atoms with Gasteiger partial charge in [-0.05, 0) is 50.3 Å². The Kier molecular flexibility index (Phi) is 5.63. The molecule has 25 heavy (non-hydrogen) atoms. The molecule has 2 atom stereocenters. The number of nitrogens with one attached hydrogen (secondary N) is 2. The lowest BCUT2D eigenvalue weighted by molar-refractivity contribution is -0.123. The SMILES string of the molecule is O=C(NCC1CCCN(C(=O)c2c(F)cccc2F)C1)C1CCCN1. The van der Waals surface area contributed by atoms with Crippen LogP contribution in [0, 0.1) is 17.6 Å². The Morgan fingerprint density at radius 2 is 1.96 bits per heavy atom. The van der Waals surface area contributed by atoms with E-state index in [1.165, 1.54) is 11.0 Å². The first-order valence-corrected chi connectivity index (χ1v) is 8.80. The summed E-state index contributed by atoms with van der Waals surface area (Å²) < 4.78 is 27.7. The normalized spacial score (nSPS) is 23.5. The highest BCUT2D eigenvalue weighted by molar-refractivity contribution is 5.94. The second kappa shape index (κ2) is 7.91. The molecule has 0 bridgehead atoms. The molecule has 2 saturated heterocycles. The van der Waals surface area contributed by atoms with E-state index in [4.69, 9.17) is 0 Å². The van der Waals surface area contributed by atoms with Crippen LogP contribution in [0.2, 0.25) is 0 Å². The van der Waals surface area contributed by atoms with Crippen LogP contribution >= 0.6 is 0 Å². The van der Waals surface area contributed by atoms with E-state index in [9.17, 15) is 18.4 Å². The number of hydrogen-bond acceptors (Lipinski definition) is 3. The molecule has 1 aromatic rings. The molecular weight excluding hydrogens is 328 g/mol. The smallest absolute Gasteiger partial charge is 0.259 e. The minimum Gasteiger partial charge on any atom is -0.354 e. The van der Waals surface area contributed by atoms with Crippen LogP contribution in [0.25, 0.3) is 0 Å². The molecule has 0 aromatic heterocycles. The molecule has 2 amide bonds. The molecule has 2 heterocycles. The van der Waals surface area contributed by atoms with Gasteiger partial charge in [0.05, 0.1) is 6.04 Å². The molecule has 2 unspecified atom stereocenters. The van der Waals surface area contributed by atoms with E-state index < -0.39 is 23.1 Å². The predicted octanol–water partition coefficient (Wildman–Crippen LogP) is 1.69. The molecule has 2 fully saturated rings. The van der Waals surface area contributed by atoms with Gasteiger partial charge in [-0.3, -0.25) is 9.59 Å². The zero-order chi connectivity index (χ0) is 17.8. The van der Waals surface area contributed by atoms with E-state index >= 15 is 0 Å². The number of carbonyl (C=O) groups excluding carboxylic acids is 2. The zero-order valence-corrected chi connectivity index (χ0v) is 14.1. The van der Waals surface area contributed by atoms with E-state index in [-0.39, 0.29) is 17.9 Å². The molecule has 2 N–H and O–H groups in total. The third kappa shape index (κ3) is 4.15. The zero-order valence-electron chi connectivity index (χ0n) is 14.1. The third-order valence-electron chi connectivity index (χ3n) is 4.92. The summed E-state index contributed by atoms with van der Waals surface area (Å²) in [6.07, 6.45) is 3.47. The Hall–Kier alpha value is -2.02. The molecule has 1 aromatic carbocycles. The third-order valence-corrected chi connectivity index (χ3v) is 4.92. The molecule has 2 aliphatic rings. The summed E-state index contributed by atoms with van der Waals surface area (Å²) in [4.78, 5) is 26.0. The molecule has 5 nitrogen and oxygen atoms in total. The Morgan fingerprint density at radius 1 is 1.20 bits per heavy atom. The van der Waals surface area contributed by atoms with Crippen molar-refractivity contribution in [1.82, 2.24) is 15.5 Å². The molecule has 3 rings (SSSR count). The summed E-state index contributed by atoms with van der Waals surface area (Å²) >= 11 is 0. The van der Waals surface area contributed by atoms with Crippen molar-refractivity contribution in [2.45, 2.75) is 31.7 Å². The minimum atomic E-state index is -0.840. The van der Waals surface area contributed by atoms with Gasteiger partial charge in [-0.2, -0.15) is 0 Å². The molecule has 0 saturated carbocycles.